The van der Waals surface area contributed by atoms with E-state index in [0.29, 0.717) is 17.8 Å². The minimum atomic E-state index is -0.566. The highest BCUT2D eigenvalue weighted by Gasteiger charge is 2.18. The third-order valence-corrected chi connectivity index (χ3v) is 4.28. The van der Waals surface area contributed by atoms with Gasteiger partial charge >= 0.3 is 5.97 Å². The summed E-state index contributed by atoms with van der Waals surface area (Å²) in [6.45, 7) is 3.96. The number of Topliss-reactive ketones (excluding diaryl/α,β-unsaturated/α-hetero) is 1. The summed E-state index contributed by atoms with van der Waals surface area (Å²) in [6, 6.07) is 11.3. The smallest absolute Gasteiger partial charge is 0.355 e. The van der Waals surface area contributed by atoms with Crippen LogP contribution in [0.1, 0.15) is 37.8 Å². The number of hydrogen-bond acceptors (Lipinski definition) is 3. The van der Waals surface area contributed by atoms with Gasteiger partial charge in [0.25, 0.3) is 0 Å². The first kappa shape index (κ1) is 17.7. The maximum absolute atomic E-state index is 13.1. The van der Waals surface area contributed by atoms with E-state index in [1.807, 2.05) is 18.4 Å². The number of aromatic amines is 1. The van der Waals surface area contributed by atoms with Gasteiger partial charge in [-0.1, -0.05) is 12.1 Å². The number of benzene rings is 1. The summed E-state index contributed by atoms with van der Waals surface area (Å²) in [5, 5.41) is 0. The van der Waals surface area contributed by atoms with E-state index in [0.717, 1.165) is 17.0 Å². The van der Waals surface area contributed by atoms with Crippen molar-refractivity contribution in [1.82, 2.24) is 9.55 Å². The number of halogens is 1. The summed E-state index contributed by atoms with van der Waals surface area (Å²) >= 11 is 0. The van der Waals surface area contributed by atoms with Crippen LogP contribution in [0.15, 0.2) is 48.7 Å². The molecule has 0 radical (unpaired) electrons. The maximum Gasteiger partial charge on any atom is 0.355 e. The Morgan fingerprint density at radius 2 is 1.88 bits per heavy atom. The van der Waals surface area contributed by atoms with Crippen LogP contribution in [0.4, 0.5) is 4.39 Å². The number of ketones is 1. The first-order valence-corrected chi connectivity index (χ1v) is 8.20. The summed E-state index contributed by atoms with van der Waals surface area (Å²) in [5.41, 5.74) is 3.45. The Kier molecular flexibility index (Phi) is 5.02. The predicted molar refractivity (Wildman–Crippen MR) is 94.8 cm³/mol. The lowest BCUT2D eigenvalue weighted by Gasteiger charge is -2.10. The number of rotatable bonds is 6. The van der Waals surface area contributed by atoms with Crippen LogP contribution in [0.25, 0.3) is 0 Å². The fourth-order valence-corrected chi connectivity index (χ4v) is 2.84. The van der Waals surface area contributed by atoms with Crippen molar-refractivity contribution in [3.63, 3.8) is 0 Å². The van der Waals surface area contributed by atoms with Crippen molar-refractivity contribution in [1.29, 1.82) is 0 Å². The molecule has 0 aliphatic heterocycles. The molecule has 0 saturated heterocycles. The van der Waals surface area contributed by atoms with E-state index in [2.05, 4.69) is 4.98 Å². The van der Waals surface area contributed by atoms with Crippen LogP contribution in [0, 0.1) is 19.7 Å². The molecule has 0 atom stereocenters. The fraction of sp³-hybridized carbons (Fsp3) is 0.200. The third kappa shape index (κ3) is 3.74. The van der Waals surface area contributed by atoms with Crippen molar-refractivity contribution in [2.45, 2.75) is 20.4 Å². The number of nitrogens with zero attached hydrogens (tertiary/aromatic N) is 1. The molecule has 0 bridgehead atoms. The van der Waals surface area contributed by atoms with E-state index in [-0.39, 0.29) is 18.2 Å². The second kappa shape index (κ2) is 7.39. The number of aromatic nitrogens is 2. The number of H-pyrrole nitrogens is 1. The van der Waals surface area contributed by atoms with E-state index >= 15 is 0 Å². The predicted octanol–water partition coefficient (Wildman–Crippen LogP) is 3.66. The van der Waals surface area contributed by atoms with Gasteiger partial charge in [0.15, 0.2) is 6.61 Å². The number of hydrogen-bond donors (Lipinski definition) is 1. The molecule has 0 saturated carbocycles. The molecule has 5 nitrogen and oxygen atoms in total. The van der Waals surface area contributed by atoms with E-state index in [9.17, 15) is 14.0 Å². The average molecular weight is 354 g/mol. The number of carbonyl (C=O) groups excluding carboxylic acids is 2. The minimum absolute atomic E-state index is 0.261. The van der Waals surface area contributed by atoms with Crippen LogP contribution in [-0.4, -0.2) is 27.9 Å². The summed E-state index contributed by atoms with van der Waals surface area (Å²) in [4.78, 5) is 27.0. The lowest BCUT2D eigenvalue weighted by Crippen LogP contribution is -2.15. The highest BCUT2D eigenvalue weighted by Crippen LogP contribution is 2.18. The fourth-order valence-electron chi connectivity index (χ4n) is 2.84. The Morgan fingerprint density at radius 1 is 1.15 bits per heavy atom. The molecule has 2 heterocycles. The molecule has 0 aliphatic rings. The molecule has 2 aromatic heterocycles. The Labute approximate surface area is 150 Å². The maximum atomic E-state index is 13.1. The van der Waals surface area contributed by atoms with Gasteiger partial charge in [-0.15, -0.1) is 0 Å². The molecule has 0 unspecified atom stereocenters. The van der Waals surface area contributed by atoms with E-state index < -0.39 is 5.97 Å². The topological polar surface area (TPSA) is 64.1 Å². The van der Waals surface area contributed by atoms with Crippen molar-refractivity contribution in [2.75, 3.05) is 6.61 Å². The zero-order chi connectivity index (χ0) is 18.7. The van der Waals surface area contributed by atoms with Crippen LogP contribution < -0.4 is 0 Å². The summed E-state index contributed by atoms with van der Waals surface area (Å²) < 4.78 is 20.1. The Morgan fingerprint density at radius 3 is 2.54 bits per heavy atom. The molecule has 26 heavy (non-hydrogen) atoms. The number of nitrogens with one attached hydrogen (secondary N) is 1. The van der Waals surface area contributed by atoms with Crippen molar-refractivity contribution >= 4 is 11.8 Å². The average Bonchev–Trinajstić information content (AvgIpc) is 3.25. The molecule has 0 fully saturated rings. The van der Waals surface area contributed by atoms with E-state index in [4.69, 9.17) is 4.74 Å². The van der Waals surface area contributed by atoms with Crippen LogP contribution >= 0.6 is 0 Å². The third-order valence-electron chi connectivity index (χ3n) is 4.28. The zero-order valence-corrected chi connectivity index (χ0v) is 14.6. The first-order valence-electron chi connectivity index (χ1n) is 8.20. The standard InChI is InChI=1S/C20H19FN2O3/c1-13-10-17(19(24)12-26-20(25)18-4-3-9-22-18)14(2)23(13)11-15-5-7-16(21)8-6-15/h3-10,22H,11-12H2,1-2H3. The van der Waals surface area contributed by atoms with E-state index in [1.54, 1.807) is 36.5 Å². The van der Waals surface area contributed by atoms with Crippen LogP contribution in [-0.2, 0) is 11.3 Å². The number of carbonyl (C=O) groups is 2. The zero-order valence-electron chi connectivity index (χ0n) is 14.6. The molecule has 3 aromatic rings. The first-order chi connectivity index (χ1) is 12.5. The SMILES string of the molecule is Cc1cc(C(=O)COC(=O)c2ccc[nH]2)c(C)n1Cc1ccc(F)cc1. The normalized spacial score (nSPS) is 10.7. The molecule has 0 spiro atoms. The van der Waals surface area contributed by atoms with Crippen LogP contribution in [0.3, 0.4) is 0 Å². The molecule has 1 N–H and O–H groups in total. The van der Waals surface area contributed by atoms with Gasteiger partial charge in [-0.3, -0.25) is 4.79 Å². The van der Waals surface area contributed by atoms with Crippen LogP contribution in [0.5, 0.6) is 0 Å². The van der Waals surface area contributed by atoms with Crippen molar-refractivity contribution < 1.29 is 18.7 Å². The second-order valence-electron chi connectivity index (χ2n) is 6.08. The lowest BCUT2D eigenvalue weighted by atomic mass is 10.1. The number of ether oxygens (including phenoxy) is 1. The molecular weight excluding hydrogens is 335 g/mol. The van der Waals surface area contributed by atoms with Crippen LogP contribution in [0.2, 0.25) is 0 Å². The lowest BCUT2D eigenvalue weighted by molar-refractivity contribution is 0.0469. The van der Waals surface area contributed by atoms with Gasteiger partial charge in [0.2, 0.25) is 5.78 Å². The molecule has 6 heteroatoms. The van der Waals surface area contributed by atoms with Gasteiger partial charge in [0, 0.05) is 29.7 Å². The Hall–Kier alpha value is -3.15. The Bertz CT molecular complexity index is 925. The van der Waals surface area contributed by atoms with Gasteiger partial charge in [-0.25, -0.2) is 9.18 Å². The summed E-state index contributed by atoms with van der Waals surface area (Å²) in [7, 11) is 0. The van der Waals surface area contributed by atoms with Gasteiger partial charge in [-0.2, -0.15) is 0 Å². The summed E-state index contributed by atoms with van der Waals surface area (Å²) in [5.74, 6) is -1.11. The van der Waals surface area contributed by atoms with Crippen molar-refractivity contribution in [3.05, 3.63) is 82.7 Å². The molecule has 3 rings (SSSR count). The van der Waals surface area contributed by atoms with Crippen molar-refractivity contribution in [3.8, 4) is 0 Å². The van der Waals surface area contributed by atoms with E-state index in [1.165, 1.54) is 12.1 Å². The largest absolute Gasteiger partial charge is 0.453 e. The second-order valence-corrected chi connectivity index (χ2v) is 6.08. The molecule has 0 aliphatic carbocycles. The molecule has 1 aromatic carbocycles. The Balaban J connectivity index is 1.71. The molecular formula is C20H19FN2O3. The minimum Gasteiger partial charge on any atom is -0.453 e. The highest BCUT2D eigenvalue weighted by atomic mass is 19.1. The van der Waals surface area contributed by atoms with Gasteiger partial charge in [0.05, 0.1) is 0 Å². The molecule has 134 valence electrons. The van der Waals surface area contributed by atoms with Crippen molar-refractivity contribution in [2.24, 2.45) is 0 Å². The molecule has 0 amide bonds. The number of aryl methyl sites for hydroxylation is 1. The van der Waals surface area contributed by atoms with Gasteiger partial charge in [0.1, 0.15) is 11.5 Å². The van der Waals surface area contributed by atoms with Gasteiger partial charge in [-0.05, 0) is 49.7 Å². The summed E-state index contributed by atoms with van der Waals surface area (Å²) in [6.07, 6.45) is 1.61. The highest BCUT2D eigenvalue weighted by molar-refractivity contribution is 6.00. The number of esters is 1. The monoisotopic (exact) mass is 354 g/mol. The quantitative estimate of drug-likeness (QED) is 0.543. The van der Waals surface area contributed by atoms with Gasteiger partial charge < -0.3 is 14.3 Å².